The number of nitrogens with zero attached hydrogens (tertiary/aromatic N) is 2. The molecule has 3 aliphatic rings. The number of rotatable bonds is 5. The van der Waals surface area contributed by atoms with Gasteiger partial charge in [-0.1, -0.05) is 24.1 Å². The second kappa shape index (κ2) is 11.4. The molecule has 206 valence electrons. The maximum absolute atomic E-state index is 11.5. The van der Waals surface area contributed by atoms with Crippen LogP contribution in [0.4, 0.5) is 11.5 Å². The lowest BCUT2D eigenvalue weighted by Crippen LogP contribution is -2.36. The Hall–Kier alpha value is -3.94. The molecule has 2 aliphatic carbocycles. The number of methoxy groups -OCH3 is 1. The molecule has 1 aliphatic heterocycles. The van der Waals surface area contributed by atoms with Crippen LogP contribution in [-0.4, -0.2) is 53.2 Å². The molecule has 10 nitrogen and oxygen atoms in total. The van der Waals surface area contributed by atoms with Gasteiger partial charge in [-0.15, -0.1) is 0 Å². The van der Waals surface area contributed by atoms with E-state index in [1.165, 1.54) is 6.08 Å². The lowest BCUT2D eigenvalue weighted by Gasteiger charge is -2.22. The molecule has 0 radical (unpaired) electrons. The number of hydrogen-bond donors (Lipinski definition) is 5. The summed E-state index contributed by atoms with van der Waals surface area (Å²) in [4.78, 5) is 24.6. The molecule has 2 aromatic rings. The van der Waals surface area contributed by atoms with Gasteiger partial charge in [0.1, 0.15) is 11.3 Å². The van der Waals surface area contributed by atoms with Crippen LogP contribution in [0, 0.1) is 17.3 Å². The van der Waals surface area contributed by atoms with Crippen LogP contribution in [0.3, 0.4) is 0 Å². The molecule has 0 bridgehead atoms. The SMILES string of the molecule is C=CC(=O)N1CCCC1COC.NC(=O)c1c(N)n[nH]c1C#Cc1cc(N)c(C2=C(N)CCC23CC3)cc1Cl. The minimum Gasteiger partial charge on any atom is -0.402 e. The molecule has 2 amide bonds. The Morgan fingerprint density at radius 1 is 1.28 bits per heavy atom. The highest BCUT2D eigenvalue weighted by atomic mass is 35.5. The van der Waals surface area contributed by atoms with Crippen LogP contribution in [0.1, 0.15) is 65.7 Å². The minimum absolute atomic E-state index is 0.00568. The van der Waals surface area contributed by atoms with E-state index >= 15 is 0 Å². The van der Waals surface area contributed by atoms with Crippen molar-refractivity contribution in [1.29, 1.82) is 0 Å². The largest absolute Gasteiger partial charge is 0.402 e. The van der Waals surface area contributed by atoms with Crippen molar-refractivity contribution in [2.24, 2.45) is 16.9 Å². The van der Waals surface area contributed by atoms with E-state index < -0.39 is 5.91 Å². The highest BCUT2D eigenvalue weighted by Crippen LogP contribution is 2.64. The smallest absolute Gasteiger partial charge is 0.255 e. The van der Waals surface area contributed by atoms with Crippen molar-refractivity contribution in [3.05, 3.63) is 57.9 Å². The summed E-state index contributed by atoms with van der Waals surface area (Å²) in [5, 5.41) is 6.81. The topological polar surface area (TPSA) is 179 Å². The Labute approximate surface area is 232 Å². The number of nitrogen functional groups attached to an aromatic ring is 2. The molecule has 39 heavy (non-hydrogen) atoms. The Kier molecular flexibility index (Phi) is 8.23. The van der Waals surface area contributed by atoms with Crippen molar-refractivity contribution < 1.29 is 14.3 Å². The molecule has 2 fully saturated rings. The Morgan fingerprint density at radius 3 is 2.67 bits per heavy atom. The van der Waals surface area contributed by atoms with Crippen molar-refractivity contribution in [1.82, 2.24) is 15.1 Å². The highest BCUT2D eigenvalue weighted by molar-refractivity contribution is 6.32. The average molecular weight is 552 g/mol. The first-order chi connectivity index (χ1) is 18.6. The van der Waals surface area contributed by atoms with Crippen LogP contribution >= 0.6 is 11.6 Å². The summed E-state index contributed by atoms with van der Waals surface area (Å²) >= 11 is 6.45. The summed E-state index contributed by atoms with van der Waals surface area (Å²) in [5.74, 6) is 5.03. The van der Waals surface area contributed by atoms with Crippen LogP contribution < -0.4 is 22.9 Å². The van der Waals surface area contributed by atoms with Crippen LogP contribution in [0.2, 0.25) is 5.02 Å². The standard InChI is InChI=1S/C19H19ClN6O.C9H15NO2/c20-11-8-10(16-12(21)3-4-19(16)5-6-19)13(22)7-9(11)1-2-14-15(18(24)27)17(23)26-25-14;1-3-9(11)10-6-4-5-8(10)7-12-2/h7-8H,3-6,21-22H2,(H2,24,27)(H3,23,25,26);3,8H,1,4-7H2,2H3. The summed E-state index contributed by atoms with van der Waals surface area (Å²) in [6, 6.07) is 3.81. The third kappa shape index (κ3) is 5.75. The maximum Gasteiger partial charge on any atom is 0.255 e. The van der Waals surface area contributed by atoms with Gasteiger partial charge in [0, 0.05) is 36.2 Å². The normalized spacial score (nSPS) is 18.8. The molecule has 1 unspecified atom stereocenters. The van der Waals surface area contributed by atoms with E-state index in [2.05, 4.69) is 28.6 Å². The molecule has 1 saturated heterocycles. The van der Waals surface area contributed by atoms with Crippen LogP contribution in [0.5, 0.6) is 0 Å². The lowest BCUT2D eigenvalue weighted by atomic mass is 9.90. The number of benzene rings is 1. The van der Waals surface area contributed by atoms with Crippen molar-refractivity contribution in [2.45, 2.75) is 44.6 Å². The fourth-order valence-electron chi connectivity index (χ4n) is 5.41. The zero-order valence-corrected chi connectivity index (χ0v) is 22.7. The molecule has 1 saturated carbocycles. The van der Waals surface area contributed by atoms with Crippen molar-refractivity contribution in [3.63, 3.8) is 0 Å². The van der Waals surface area contributed by atoms with Gasteiger partial charge >= 0.3 is 0 Å². The number of nitrogens with one attached hydrogen (secondary N) is 1. The van der Waals surface area contributed by atoms with E-state index in [1.807, 2.05) is 11.0 Å². The van der Waals surface area contributed by atoms with Gasteiger partial charge in [0.15, 0.2) is 5.82 Å². The molecule has 5 rings (SSSR count). The number of allylic oxidation sites excluding steroid dienone is 2. The number of carbonyl (C=O) groups is 2. The third-order valence-corrected chi connectivity index (χ3v) is 7.86. The maximum atomic E-state index is 11.5. The first-order valence-corrected chi connectivity index (χ1v) is 13.2. The predicted molar refractivity (Wildman–Crippen MR) is 152 cm³/mol. The average Bonchev–Trinajstić information content (AvgIpc) is 3.19. The van der Waals surface area contributed by atoms with Gasteiger partial charge in [0.2, 0.25) is 5.91 Å². The summed E-state index contributed by atoms with van der Waals surface area (Å²) < 4.78 is 5.02. The quantitative estimate of drug-likeness (QED) is 0.215. The fourth-order valence-corrected chi connectivity index (χ4v) is 5.62. The molecule has 2 heterocycles. The minimum atomic E-state index is -0.704. The van der Waals surface area contributed by atoms with Gasteiger partial charge in [0.25, 0.3) is 5.91 Å². The van der Waals surface area contributed by atoms with Crippen LogP contribution in [0.15, 0.2) is 30.5 Å². The zero-order chi connectivity index (χ0) is 28.3. The number of ether oxygens (including phenoxy) is 1. The number of hydrogen-bond acceptors (Lipinski definition) is 7. The molecule has 1 atom stereocenters. The van der Waals surface area contributed by atoms with Gasteiger partial charge in [-0.05, 0) is 73.6 Å². The van der Waals surface area contributed by atoms with Gasteiger partial charge in [0.05, 0.1) is 17.7 Å². The fraction of sp³-hybridized carbons (Fsp3) is 0.393. The first-order valence-electron chi connectivity index (χ1n) is 12.8. The summed E-state index contributed by atoms with van der Waals surface area (Å²) in [7, 11) is 1.66. The second-order valence-electron chi connectivity index (χ2n) is 10.1. The van der Waals surface area contributed by atoms with Crippen LogP contribution in [-0.2, 0) is 9.53 Å². The molecular weight excluding hydrogens is 518 g/mol. The van der Waals surface area contributed by atoms with Gasteiger partial charge < -0.3 is 32.6 Å². The first kappa shape index (κ1) is 28.1. The number of aromatic amines is 1. The summed E-state index contributed by atoms with van der Waals surface area (Å²) in [5.41, 5.74) is 28.0. The lowest BCUT2D eigenvalue weighted by molar-refractivity contribution is -0.127. The third-order valence-electron chi connectivity index (χ3n) is 7.54. The molecule has 9 N–H and O–H groups in total. The number of anilines is 2. The van der Waals surface area contributed by atoms with E-state index in [9.17, 15) is 9.59 Å². The second-order valence-corrected chi connectivity index (χ2v) is 10.5. The van der Waals surface area contributed by atoms with E-state index in [1.54, 1.807) is 13.2 Å². The van der Waals surface area contributed by atoms with Gasteiger partial charge in [-0.3, -0.25) is 14.7 Å². The van der Waals surface area contributed by atoms with Gasteiger partial charge in [-0.25, -0.2) is 0 Å². The van der Waals surface area contributed by atoms with E-state index in [0.717, 1.165) is 61.9 Å². The molecular formula is C28H34ClN7O3. The van der Waals surface area contributed by atoms with Crippen molar-refractivity contribution in [3.8, 4) is 11.8 Å². The van der Waals surface area contributed by atoms with Crippen molar-refractivity contribution in [2.75, 3.05) is 31.7 Å². The molecule has 1 aromatic heterocycles. The number of amides is 2. The van der Waals surface area contributed by atoms with Crippen molar-refractivity contribution >= 4 is 40.5 Å². The van der Waals surface area contributed by atoms with Crippen LogP contribution in [0.25, 0.3) is 5.57 Å². The molecule has 1 spiro atoms. The number of halogens is 1. The molecule has 11 heteroatoms. The Balaban J connectivity index is 0.000000247. The number of likely N-dealkylation sites (tertiary alicyclic amines) is 1. The summed E-state index contributed by atoms with van der Waals surface area (Å²) in [6.07, 6.45) is 7.74. The Morgan fingerprint density at radius 2 is 2.03 bits per heavy atom. The Bertz CT molecular complexity index is 1400. The predicted octanol–water partition coefficient (Wildman–Crippen LogP) is 2.78. The van der Waals surface area contributed by atoms with E-state index in [-0.39, 0.29) is 34.4 Å². The number of H-pyrrole nitrogens is 1. The number of aromatic nitrogens is 2. The van der Waals surface area contributed by atoms with Gasteiger partial charge in [-0.2, -0.15) is 5.10 Å². The number of nitrogens with two attached hydrogens (primary N) is 4. The van der Waals surface area contributed by atoms with E-state index in [0.29, 0.717) is 22.9 Å². The number of primary amides is 1. The summed E-state index contributed by atoms with van der Waals surface area (Å²) in [6.45, 7) is 4.95. The van der Waals surface area contributed by atoms with E-state index in [4.69, 9.17) is 39.3 Å². The monoisotopic (exact) mass is 551 g/mol. The zero-order valence-electron chi connectivity index (χ0n) is 22.0. The molecule has 1 aromatic carbocycles. The highest BCUT2D eigenvalue weighted by Gasteiger charge is 2.50. The number of carbonyl (C=O) groups excluding carboxylic acids is 2.